The van der Waals surface area contributed by atoms with E-state index in [1.165, 1.54) is 0 Å². The Morgan fingerprint density at radius 3 is 2.68 bits per heavy atom. The van der Waals surface area contributed by atoms with E-state index < -0.39 is 6.10 Å². The molecule has 2 aliphatic heterocycles. The summed E-state index contributed by atoms with van der Waals surface area (Å²) >= 11 is 0. The van der Waals surface area contributed by atoms with Crippen molar-refractivity contribution in [3.63, 3.8) is 0 Å². The number of hydrogen-bond acceptors (Lipinski definition) is 6. The Bertz CT molecular complexity index is 753. The zero-order valence-electron chi connectivity index (χ0n) is 15.2. The Hall–Kier alpha value is -2.38. The van der Waals surface area contributed by atoms with Gasteiger partial charge in [-0.1, -0.05) is 19.0 Å². The lowest BCUT2D eigenvalue weighted by Crippen LogP contribution is -2.41. The van der Waals surface area contributed by atoms with Crippen LogP contribution < -0.4 is 10.5 Å². The standard InChI is InChI=1S/C17H25N5O3/c1-10(2)13-9-14(25-20-13)16(24)22-7-5-11-12(6-8-22)18-17(21(3)4)19-15(11)23/h10,14H,5-9H2,1-4H3,(H,18,19,23)/t14-/m0/s1. The van der Waals surface area contributed by atoms with Crippen LogP contribution in [-0.4, -0.2) is 59.8 Å². The van der Waals surface area contributed by atoms with E-state index in [1.54, 1.807) is 9.80 Å². The van der Waals surface area contributed by atoms with Gasteiger partial charge in [0.2, 0.25) is 12.1 Å². The van der Waals surface area contributed by atoms with Crippen LogP contribution in [0.15, 0.2) is 9.95 Å². The minimum Gasteiger partial charge on any atom is -0.382 e. The minimum atomic E-state index is -0.540. The molecular weight excluding hydrogens is 322 g/mol. The van der Waals surface area contributed by atoms with Crippen molar-refractivity contribution in [1.82, 2.24) is 14.9 Å². The molecule has 0 aromatic carbocycles. The van der Waals surface area contributed by atoms with E-state index >= 15 is 0 Å². The van der Waals surface area contributed by atoms with Crippen molar-refractivity contribution in [3.05, 3.63) is 21.6 Å². The van der Waals surface area contributed by atoms with Crippen LogP contribution in [0.5, 0.6) is 0 Å². The fraction of sp³-hybridized carbons (Fsp3) is 0.647. The molecule has 1 amide bonds. The molecule has 8 heteroatoms. The summed E-state index contributed by atoms with van der Waals surface area (Å²) in [7, 11) is 3.67. The van der Waals surface area contributed by atoms with Crippen LogP contribution in [0.25, 0.3) is 0 Å². The average Bonchev–Trinajstić information content (AvgIpc) is 2.96. The average molecular weight is 347 g/mol. The molecule has 0 unspecified atom stereocenters. The van der Waals surface area contributed by atoms with Crippen molar-refractivity contribution in [3.8, 4) is 0 Å². The largest absolute Gasteiger partial charge is 0.382 e. The number of anilines is 1. The Morgan fingerprint density at radius 1 is 1.32 bits per heavy atom. The van der Waals surface area contributed by atoms with Gasteiger partial charge in [0.05, 0.1) is 11.4 Å². The van der Waals surface area contributed by atoms with Gasteiger partial charge in [0.15, 0.2) is 0 Å². The SMILES string of the molecule is CC(C)C1=NO[C@H](C(=O)N2CCc3nc(N(C)C)[nH]c(=O)c3CC2)C1. The molecule has 1 atom stereocenters. The molecule has 0 saturated heterocycles. The molecule has 3 rings (SSSR count). The lowest BCUT2D eigenvalue weighted by atomic mass is 10.0. The molecular formula is C17H25N5O3. The molecule has 0 radical (unpaired) electrons. The summed E-state index contributed by atoms with van der Waals surface area (Å²) in [6.07, 6.45) is 1.07. The maximum atomic E-state index is 12.7. The van der Waals surface area contributed by atoms with Crippen LogP contribution in [0.2, 0.25) is 0 Å². The van der Waals surface area contributed by atoms with Crippen LogP contribution in [0.3, 0.4) is 0 Å². The molecule has 2 aliphatic rings. The molecule has 25 heavy (non-hydrogen) atoms. The van der Waals surface area contributed by atoms with E-state index in [9.17, 15) is 9.59 Å². The van der Waals surface area contributed by atoms with Gasteiger partial charge in [0, 0.05) is 45.6 Å². The predicted octanol–water partition coefficient (Wildman–Crippen LogP) is 0.564. The number of aromatic amines is 1. The maximum absolute atomic E-state index is 12.7. The van der Waals surface area contributed by atoms with Gasteiger partial charge < -0.3 is 14.6 Å². The molecule has 1 N–H and O–H groups in total. The first kappa shape index (κ1) is 17.4. The monoisotopic (exact) mass is 347 g/mol. The van der Waals surface area contributed by atoms with Crippen LogP contribution in [-0.2, 0) is 22.5 Å². The third-order valence-electron chi connectivity index (χ3n) is 4.71. The number of H-pyrrole nitrogens is 1. The molecule has 0 bridgehead atoms. The van der Waals surface area contributed by atoms with Gasteiger partial charge in [-0.05, 0) is 12.3 Å². The van der Waals surface area contributed by atoms with E-state index in [1.807, 2.05) is 27.9 Å². The molecule has 0 saturated carbocycles. The number of carbonyl (C=O) groups is 1. The molecule has 0 aliphatic carbocycles. The smallest absolute Gasteiger partial charge is 0.266 e. The molecule has 1 aromatic rings. The summed E-state index contributed by atoms with van der Waals surface area (Å²) in [4.78, 5) is 41.3. The van der Waals surface area contributed by atoms with E-state index in [0.717, 1.165) is 11.4 Å². The predicted molar refractivity (Wildman–Crippen MR) is 94.9 cm³/mol. The van der Waals surface area contributed by atoms with Crippen LogP contribution in [0.1, 0.15) is 31.5 Å². The van der Waals surface area contributed by atoms with E-state index in [2.05, 4.69) is 15.1 Å². The van der Waals surface area contributed by atoms with Gasteiger partial charge >= 0.3 is 0 Å². The van der Waals surface area contributed by atoms with Gasteiger partial charge in [-0.15, -0.1) is 0 Å². The summed E-state index contributed by atoms with van der Waals surface area (Å²) in [5.41, 5.74) is 2.25. The van der Waals surface area contributed by atoms with Crippen molar-refractivity contribution in [2.24, 2.45) is 11.1 Å². The van der Waals surface area contributed by atoms with Crippen molar-refractivity contribution in [1.29, 1.82) is 0 Å². The Morgan fingerprint density at radius 2 is 2.04 bits per heavy atom. The molecule has 3 heterocycles. The number of nitrogens with zero attached hydrogens (tertiary/aromatic N) is 4. The highest BCUT2D eigenvalue weighted by Crippen LogP contribution is 2.20. The maximum Gasteiger partial charge on any atom is 0.266 e. The van der Waals surface area contributed by atoms with E-state index in [-0.39, 0.29) is 17.4 Å². The number of rotatable bonds is 3. The second kappa shape index (κ2) is 6.85. The summed E-state index contributed by atoms with van der Waals surface area (Å²) in [6, 6.07) is 0. The van der Waals surface area contributed by atoms with Gasteiger partial charge in [-0.25, -0.2) is 4.98 Å². The number of aromatic nitrogens is 2. The van der Waals surface area contributed by atoms with Crippen molar-refractivity contribution < 1.29 is 9.63 Å². The van der Waals surface area contributed by atoms with Gasteiger partial charge in [-0.2, -0.15) is 0 Å². The van der Waals surface area contributed by atoms with Gasteiger partial charge in [-0.3, -0.25) is 14.6 Å². The van der Waals surface area contributed by atoms with Crippen molar-refractivity contribution in [2.45, 2.75) is 39.2 Å². The Balaban J connectivity index is 1.71. The summed E-state index contributed by atoms with van der Waals surface area (Å²) in [5, 5.41) is 4.04. The van der Waals surface area contributed by atoms with Crippen molar-refractivity contribution >= 4 is 17.6 Å². The van der Waals surface area contributed by atoms with E-state index in [0.29, 0.717) is 43.9 Å². The topological polar surface area (TPSA) is 90.9 Å². The number of nitrogens with one attached hydrogen (secondary N) is 1. The molecule has 136 valence electrons. The molecule has 0 fully saturated rings. The Kier molecular flexibility index (Phi) is 4.78. The third kappa shape index (κ3) is 3.52. The van der Waals surface area contributed by atoms with Crippen LogP contribution >= 0.6 is 0 Å². The number of fused-ring (bicyclic) bond motifs is 1. The van der Waals surface area contributed by atoms with E-state index in [4.69, 9.17) is 4.84 Å². The number of oxime groups is 1. The fourth-order valence-electron chi connectivity index (χ4n) is 3.10. The first-order valence-corrected chi connectivity index (χ1v) is 8.67. The third-order valence-corrected chi connectivity index (χ3v) is 4.71. The fourth-order valence-corrected chi connectivity index (χ4v) is 3.10. The first-order chi connectivity index (χ1) is 11.9. The number of hydrogen-bond donors (Lipinski definition) is 1. The normalized spacial score (nSPS) is 20.0. The van der Waals surface area contributed by atoms with Crippen molar-refractivity contribution in [2.75, 3.05) is 32.1 Å². The lowest BCUT2D eigenvalue weighted by Gasteiger charge is -2.22. The van der Waals surface area contributed by atoms with Gasteiger partial charge in [0.1, 0.15) is 0 Å². The minimum absolute atomic E-state index is 0.0588. The zero-order chi connectivity index (χ0) is 18.1. The number of carbonyl (C=O) groups excluding carboxylic acids is 1. The van der Waals surface area contributed by atoms with Crippen LogP contribution in [0.4, 0.5) is 5.95 Å². The summed E-state index contributed by atoms with van der Waals surface area (Å²) < 4.78 is 0. The highest BCUT2D eigenvalue weighted by Gasteiger charge is 2.33. The first-order valence-electron chi connectivity index (χ1n) is 8.67. The summed E-state index contributed by atoms with van der Waals surface area (Å²) in [5.74, 6) is 0.757. The number of amides is 1. The quantitative estimate of drug-likeness (QED) is 0.863. The molecule has 1 aromatic heterocycles. The highest BCUT2D eigenvalue weighted by molar-refractivity contribution is 5.93. The molecule has 0 spiro atoms. The zero-order valence-corrected chi connectivity index (χ0v) is 15.2. The van der Waals surface area contributed by atoms with Crippen LogP contribution in [0, 0.1) is 5.92 Å². The lowest BCUT2D eigenvalue weighted by molar-refractivity contribution is -0.142. The Labute approximate surface area is 146 Å². The second-order valence-electron chi connectivity index (χ2n) is 7.07. The summed E-state index contributed by atoms with van der Waals surface area (Å²) in [6.45, 7) is 5.11. The highest BCUT2D eigenvalue weighted by atomic mass is 16.6. The molecule has 8 nitrogen and oxygen atoms in total. The second-order valence-corrected chi connectivity index (χ2v) is 7.07. The van der Waals surface area contributed by atoms with Gasteiger partial charge in [0.25, 0.3) is 11.5 Å².